The van der Waals surface area contributed by atoms with Crippen LogP contribution in [0.15, 0.2) is 0 Å². The molecule has 0 aromatic carbocycles. The molecule has 2 atom stereocenters. The number of rotatable bonds is 2. The van der Waals surface area contributed by atoms with Crippen LogP contribution in [0.1, 0.15) is 26.2 Å². The van der Waals surface area contributed by atoms with Crippen LogP contribution in [0.4, 0.5) is 0 Å². The molecule has 0 radical (unpaired) electrons. The van der Waals surface area contributed by atoms with E-state index in [1.165, 1.54) is 6.42 Å². The molecule has 1 aliphatic rings. The topological polar surface area (TPSA) is 32.3 Å². The second-order valence-electron chi connectivity index (χ2n) is 2.68. The molecule has 54 valence electrons. The van der Waals surface area contributed by atoms with E-state index in [-0.39, 0.29) is 6.10 Å². The molecule has 0 saturated carbocycles. The molecule has 1 rings (SSSR count). The molecule has 1 aliphatic heterocycles. The molecule has 0 amide bonds. The number of aliphatic hydroxyl groups is 1. The van der Waals surface area contributed by atoms with Gasteiger partial charge in [-0.15, -0.1) is 0 Å². The molecule has 2 unspecified atom stereocenters. The second kappa shape index (κ2) is 3.18. The van der Waals surface area contributed by atoms with Crippen molar-refractivity contribution in [2.75, 3.05) is 6.54 Å². The summed E-state index contributed by atoms with van der Waals surface area (Å²) in [6.07, 6.45) is 3.13. The van der Waals surface area contributed by atoms with E-state index in [0.29, 0.717) is 6.04 Å². The zero-order valence-corrected chi connectivity index (χ0v) is 5.93. The van der Waals surface area contributed by atoms with Gasteiger partial charge in [0.05, 0.1) is 6.10 Å². The van der Waals surface area contributed by atoms with Crippen molar-refractivity contribution in [3.63, 3.8) is 0 Å². The van der Waals surface area contributed by atoms with Gasteiger partial charge >= 0.3 is 0 Å². The first-order chi connectivity index (χ1) is 4.34. The summed E-state index contributed by atoms with van der Waals surface area (Å²) < 4.78 is 0. The average Bonchev–Trinajstić information content (AvgIpc) is 2.37. The fraction of sp³-hybridized carbons (Fsp3) is 1.00. The van der Waals surface area contributed by atoms with E-state index < -0.39 is 0 Å². The molecule has 0 aromatic rings. The summed E-state index contributed by atoms with van der Waals surface area (Å²) in [6, 6.07) is 0.384. The number of hydrogen-bond acceptors (Lipinski definition) is 2. The number of nitrogens with one attached hydrogen (secondary N) is 1. The number of aliphatic hydroxyl groups excluding tert-OH is 1. The largest absolute Gasteiger partial charge is 0.392 e. The maximum Gasteiger partial charge on any atom is 0.0690 e. The highest BCUT2D eigenvalue weighted by molar-refractivity contribution is 4.79. The smallest absolute Gasteiger partial charge is 0.0690 e. The summed E-state index contributed by atoms with van der Waals surface area (Å²) in [7, 11) is 0. The first-order valence-electron chi connectivity index (χ1n) is 3.76. The average molecular weight is 129 g/mol. The predicted molar refractivity (Wildman–Crippen MR) is 37.3 cm³/mol. The Kier molecular flexibility index (Phi) is 2.49. The minimum absolute atomic E-state index is 0.118. The Balaban J connectivity index is 2.24. The Morgan fingerprint density at radius 1 is 1.78 bits per heavy atom. The van der Waals surface area contributed by atoms with Crippen LogP contribution in [0.5, 0.6) is 0 Å². The Morgan fingerprint density at radius 2 is 2.56 bits per heavy atom. The monoisotopic (exact) mass is 129 g/mol. The molecular formula is C7H15NO. The van der Waals surface area contributed by atoms with Crippen LogP contribution in [0.2, 0.25) is 0 Å². The Hall–Kier alpha value is -0.0800. The van der Waals surface area contributed by atoms with Gasteiger partial charge in [-0.05, 0) is 25.8 Å². The zero-order valence-electron chi connectivity index (χ0n) is 5.93. The third kappa shape index (κ3) is 1.66. The van der Waals surface area contributed by atoms with Crippen molar-refractivity contribution in [3.05, 3.63) is 0 Å². The lowest BCUT2D eigenvalue weighted by Gasteiger charge is -2.15. The lowest BCUT2D eigenvalue weighted by atomic mass is 10.1. The van der Waals surface area contributed by atoms with E-state index in [0.717, 1.165) is 19.4 Å². The molecule has 2 heteroatoms. The SMILES string of the molecule is CCC(O)C1CCCN1. The van der Waals surface area contributed by atoms with E-state index in [1.54, 1.807) is 0 Å². The summed E-state index contributed by atoms with van der Waals surface area (Å²) in [5.41, 5.74) is 0. The fourth-order valence-corrected chi connectivity index (χ4v) is 1.32. The molecule has 1 heterocycles. The van der Waals surface area contributed by atoms with E-state index >= 15 is 0 Å². The lowest BCUT2D eigenvalue weighted by Crippen LogP contribution is -2.33. The molecule has 2 nitrogen and oxygen atoms in total. The maximum absolute atomic E-state index is 9.30. The first-order valence-corrected chi connectivity index (χ1v) is 3.76. The minimum atomic E-state index is -0.118. The van der Waals surface area contributed by atoms with Crippen LogP contribution in [-0.4, -0.2) is 23.8 Å². The van der Waals surface area contributed by atoms with Crippen molar-refractivity contribution in [2.45, 2.75) is 38.3 Å². The van der Waals surface area contributed by atoms with Crippen molar-refractivity contribution >= 4 is 0 Å². The minimum Gasteiger partial charge on any atom is -0.392 e. The number of hydrogen-bond donors (Lipinski definition) is 2. The highest BCUT2D eigenvalue weighted by atomic mass is 16.3. The van der Waals surface area contributed by atoms with Gasteiger partial charge in [0.15, 0.2) is 0 Å². The fourth-order valence-electron chi connectivity index (χ4n) is 1.32. The highest BCUT2D eigenvalue weighted by Gasteiger charge is 2.20. The second-order valence-corrected chi connectivity index (χ2v) is 2.68. The molecule has 1 fully saturated rings. The highest BCUT2D eigenvalue weighted by Crippen LogP contribution is 2.10. The molecular weight excluding hydrogens is 114 g/mol. The standard InChI is InChI=1S/C7H15NO/c1-2-7(9)6-4-3-5-8-6/h6-9H,2-5H2,1H3. The van der Waals surface area contributed by atoms with E-state index in [1.807, 2.05) is 6.92 Å². The quantitative estimate of drug-likeness (QED) is 0.569. The third-order valence-corrected chi connectivity index (χ3v) is 1.98. The molecule has 0 bridgehead atoms. The molecule has 2 N–H and O–H groups in total. The van der Waals surface area contributed by atoms with Crippen LogP contribution in [-0.2, 0) is 0 Å². The lowest BCUT2D eigenvalue weighted by molar-refractivity contribution is 0.132. The van der Waals surface area contributed by atoms with E-state index in [4.69, 9.17) is 0 Å². The van der Waals surface area contributed by atoms with Crippen LogP contribution in [0, 0.1) is 0 Å². The van der Waals surface area contributed by atoms with Crippen molar-refractivity contribution in [3.8, 4) is 0 Å². The van der Waals surface area contributed by atoms with Gasteiger partial charge in [-0.25, -0.2) is 0 Å². The molecule has 9 heavy (non-hydrogen) atoms. The van der Waals surface area contributed by atoms with Crippen LogP contribution >= 0.6 is 0 Å². The summed E-state index contributed by atoms with van der Waals surface area (Å²) in [5, 5.41) is 12.6. The van der Waals surface area contributed by atoms with Crippen LogP contribution in [0.3, 0.4) is 0 Å². The van der Waals surface area contributed by atoms with Gasteiger partial charge in [0, 0.05) is 6.04 Å². The van der Waals surface area contributed by atoms with Gasteiger partial charge in [0.1, 0.15) is 0 Å². The van der Waals surface area contributed by atoms with Crippen molar-refractivity contribution in [2.24, 2.45) is 0 Å². The zero-order chi connectivity index (χ0) is 6.69. The molecule has 1 saturated heterocycles. The van der Waals surface area contributed by atoms with Gasteiger partial charge in [0.25, 0.3) is 0 Å². The first kappa shape index (κ1) is 7.03. The van der Waals surface area contributed by atoms with Gasteiger partial charge in [-0.3, -0.25) is 0 Å². The van der Waals surface area contributed by atoms with Crippen molar-refractivity contribution < 1.29 is 5.11 Å². The van der Waals surface area contributed by atoms with Gasteiger partial charge in [-0.2, -0.15) is 0 Å². The molecule has 0 aromatic heterocycles. The van der Waals surface area contributed by atoms with Crippen LogP contribution < -0.4 is 5.32 Å². The summed E-state index contributed by atoms with van der Waals surface area (Å²) >= 11 is 0. The maximum atomic E-state index is 9.30. The van der Waals surface area contributed by atoms with E-state index in [9.17, 15) is 5.11 Å². The van der Waals surface area contributed by atoms with Crippen molar-refractivity contribution in [1.82, 2.24) is 5.32 Å². The summed E-state index contributed by atoms with van der Waals surface area (Å²) in [4.78, 5) is 0. The predicted octanol–water partition coefficient (Wildman–Crippen LogP) is 0.509. The summed E-state index contributed by atoms with van der Waals surface area (Å²) in [5.74, 6) is 0. The Labute approximate surface area is 56.3 Å². The van der Waals surface area contributed by atoms with Crippen LogP contribution in [0.25, 0.3) is 0 Å². The van der Waals surface area contributed by atoms with Gasteiger partial charge < -0.3 is 10.4 Å². The summed E-state index contributed by atoms with van der Waals surface area (Å²) in [6.45, 7) is 3.10. The normalized spacial score (nSPS) is 30.7. The molecule has 0 spiro atoms. The third-order valence-electron chi connectivity index (χ3n) is 1.98. The van der Waals surface area contributed by atoms with Gasteiger partial charge in [0.2, 0.25) is 0 Å². The Morgan fingerprint density at radius 3 is 3.00 bits per heavy atom. The van der Waals surface area contributed by atoms with Gasteiger partial charge in [-0.1, -0.05) is 6.92 Å². The van der Waals surface area contributed by atoms with E-state index in [2.05, 4.69) is 5.32 Å². The Bertz CT molecular complexity index is 79.0. The molecule has 0 aliphatic carbocycles. The van der Waals surface area contributed by atoms with Crippen molar-refractivity contribution in [1.29, 1.82) is 0 Å².